The Hall–Kier alpha value is -1.42. The number of halogens is 1. The SMILES string of the molecule is CCCCC(NC(C)CCc1cccc(F)c1)C(=O)O. The van der Waals surface area contributed by atoms with Crippen molar-refractivity contribution in [1.82, 2.24) is 5.32 Å². The Bertz CT molecular complexity index is 423. The van der Waals surface area contributed by atoms with Crippen molar-refractivity contribution in [3.05, 3.63) is 35.6 Å². The lowest BCUT2D eigenvalue weighted by atomic mass is 10.0. The summed E-state index contributed by atoms with van der Waals surface area (Å²) in [5.74, 6) is -1.02. The third-order valence-corrected chi connectivity index (χ3v) is 3.39. The van der Waals surface area contributed by atoms with Crippen molar-refractivity contribution in [2.24, 2.45) is 0 Å². The molecule has 0 bridgehead atoms. The van der Waals surface area contributed by atoms with Crippen LogP contribution in [0.25, 0.3) is 0 Å². The molecule has 1 aromatic rings. The van der Waals surface area contributed by atoms with Crippen molar-refractivity contribution in [2.75, 3.05) is 0 Å². The van der Waals surface area contributed by atoms with Gasteiger partial charge in [-0.25, -0.2) is 4.39 Å². The molecule has 0 aliphatic heterocycles. The molecule has 4 heteroatoms. The Morgan fingerprint density at radius 1 is 1.40 bits per heavy atom. The van der Waals surface area contributed by atoms with Crippen molar-refractivity contribution >= 4 is 5.97 Å². The maximum atomic E-state index is 13.1. The molecule has 0 heterocycles. The fourth-order valence-electron chi connectivity index (χ4n) is 2.19. The number of benzene rings is 1. The van der Waals surface area contributed by atoms with Crippen molar-refractivity contribution in [3.63, 3.8) is 0 Å². The van der Waals surface area contributed by atoms with Gasteiger partial charge in [0.1, 0.15) is 11.9 Å². The Labute approximate surface area is 120 Å². The summed E-state index contributed by atoms with van der Waals surface area (Å²) in [6, 6.07) is 6.15. The van der Waals surface area contributed by atoms with E-state index in [1.165, 1.54) is 12.1 Å². The third kappa shape index (κ3) is 6.15. The number of unbranched alkanes of at least 4 members (excludes halogenated alkanes) is 1. The second kappa shape index (κ2) is 8.69. The lowest BCUT2D eigenvalue weighted by Gasteiger charge is -2.20. The Morgan fingerprint density at radius 2 is 2.15 bits per heavy atom. The summed E-state index contributed by atoms with van der Waals surface area (Å²) in [5, 5.41) is 12.3. The van der Waals surface area contributed by atoms with E-state index >= 15 is 0 Å². The van der Waals surface area contributed by atoms with Gasteiger partial charge in [-0.1, -0.05) is 31.9 Å². The van der Waals surface area contributed by atoms with E-state index in [2.05, 4.69) is 5.32 Å². The van der Waals surface area contributed by atoms with E-state index in [9.17, 15) is 9.18 Å². The van der Waals surface area contributed by atoms with Gasteiger partial charge in [-0.15, -0.1) is 0 Å². The monoisotopic (exact) mass is 281 g/mol. The molecule has 0 amide bonds. The zero-order valence-corrected chi connectivity index (χ0v) is 12.2. The van der Waals surface area contributed by atoms with Crippen LogP contribution in [0.15, 0.2) is 24.3 Å². The highest BCUT2D eigenvalue weighted by atomic mass is 19.1. The van der Waals surface area contributed by atoms with E-state index in [1.807, 2.05) is 19.9 Å². The Balaban J connectivity index is 2.41. The van der Waals surface area contributed by atoms with E-state index in [0.717, 1.165) is 31.2 Å². The molecule has 1 rings (SSSR count). The van der Waals surface area contributed by atoms with Crippen LogP contribution in [-0.4, -0.2) is 23.2 Å². The molecule has 1 aromatic carbocycles. The average molecular weight is 281 g/mol. The fraction of sp³-hybridized carbons (Fsp3) is 0.562. The standard InChI is InChI=1S/C16H24FNO2/c1-3-4-8-15(16(19)20)18-12(2)9-10-13-6-5-7-14(17)11-13/h5-7,11-12,15,18H,3-4,8-10H2,1-2H3,(H,19,20). The van der Waals surface area contributed by atoms with Crippen molar-refractivity contribution < 1.29 is 14.3 Å². The van der Waals surface area contributed by atoms with Gasteiger partial charge in [0, 0.05) is 6.04 Å². The predicted octanol–water partition coefficient (Wildman–Crippen LogP) is 3.38. The number of rotatable bonds is 9. The highest BCUT2D eigenvalue weighted by Gasteiger charge is 2.18. The molecule has 2 unspecified atom stereocenters. The topological polar surface area (TPSA) is 49.3 Å². The zero-order valence-electron chi connectivity index (χ0n) is 12.2. The summed E-state index contributed by atoms with van der Waals surface area (Å²) in [5.41, 5.74) is 0.944. The number of nitrogens with one attached hydrogen (secondary N) is 1. The van der Waals surface area contributed by atoms with Gasteiger partial charge in [0.05, 0.1) is 0 Å². The van der Waals surface area contributed by atoms with Crippen LogP contribution in [0, 0.1) is 5.82 Å². The molecule has 0 aromatic heterocycles. The summed E-state index contributed by atoms with van der Waals surface area (Å²) in [7, 11) is 0. The van der Waals surface area contributed by atoms with Gasteiger partial charge in [-0.05, 0) is 43.9 Å². The highest BCUT2D eigenvalue weighted by molar-refractivity contribution is 5.73. The minimum absolute atomic E-state index is 0.0937. The maximum Gasteiger partial charge on any atom is 0.320 e. The normalized spacial score (nSPS) is 13.9. The molecule has 0 radical (unpaired) electrons. The molecule has 2 atom stereocenters. The molecular formula is C16H24FNO2. The van der Waals surface area contributed by atoms with Crippen LogP contribution < -0.4 is 5.32 Å². The molecule has 112 valence electrons. The van der Waals surface area contributed by atoms with Crippen LogP contribution in [-0.2, 0) is 11.2 Å². The zero-order chi connectivity index (χ0) is 15.0. The summed E-state index contributed by atoms with van der Waals surface area (Å²) in [4.78, 5) is 11.1. The largest absolute Gasteiger partial charge is 0.480 e. The average Bonchev–Trinajstić information content (AvgIpc) is 2.41. The first-order valence-corrected chi connectivity index (χ1v) is 7.26. The van der Waals surface area contributed by atoms with Crippen molar-refractivity contribution in [3.8, 4) is 0 Å². The van der Waals surface area contributed by atoms with Gasteiger partial charge < -0.3 is 10.4 Å². The summed E-state index contributed by atoms with van der Waals surface area (Å²) in [6.07, 6.45) is 4.07. The number of aliphatic carboxylic acids is 1. The molecule has 0 saturated heterocycles. The van der Waals surface area contributed by atoms with Crippen LogP contribution >= 0.6 is 0 Å². The fourth-order valence-corrected chi connectivity index (χ4v) is 2.19. The van der Waals surface area contributed by atoms with Gasteiger partial charge in [-0.2, -0.15) is 0 Å². The number of carboxylic acids is 1. The first-order chi connectivity index (χ1) is 9.52. The first-order valence-electron chi connectivity index (χ1n) is 7.26. The van der Waals surface area contributed by atoms with Gasteiger partial charge in [0.25, 0.3) is 0 Å². The summed E-state index contributed by atoms with van der Waals surface area (Å²) < 4.78 is 13.1. The molecule has 2 N–H and O–H groups in total. The maximum absolute atomic E-state index is 13.1. The molecule has 0 spiro atoms. The number of carboxylic acid groups (broad SMARTS) is 1. The van der Waals surface area contributed by atoms with E-state index in [0.29, 0.717) is 6.42 Å². The van der Waals surface area contributed by atoms with Crippen LogP contribution in [0.3, 0.4) is 0 Å². The quantitative estimate of drug-likeness (QED) is 0.729. The van der Waals surface area contributed by atoms with E-state index in [4.69, 9.17) is 5.11 Å². The molecule has 20 heavy (non-hydrogen) atoms. The Morgan fingerprint density at radius 3 is 2.75 bits per heavy atom. The van der Waals surface area contributed by atoms with Gasteiger partial charge >= 0.3 is 5.97 Å². The summed E-state index contributed by atoms with van der Waals surface area (Å²) in [6.45, 7) is 4.02. The minimum Gasteiger partial charge on any atom is -0.480 e. The molecule has 0 aliphatic carbocycles. The minimum atomic E-state index is -0.795. The predicted molar refractivity (Wildman–Crippen MR) is 78.3 cm³/mol. The third-order valence-electron chi connectivity index (χ3n) is 3.39. The lowest BCUT2D eigenvalue weighted by molar-refractivity contribution is -0.139. The molecule has 0 saturated carbocycles. The van der Waals surface area contributed by atoms with E-state index < -0.39 is 12.0 Å². The first kappa shape index (κ1) is 16.6. The van der Waals surface area contributed by atoms with Crippen LogP contribution in [0.4, 0.5) is 4.39 Å². The number of hydrogen-bond donors (Lipinski definition) is 2. The lowest BCUT2D eigenvalue weighted by Crippen LogP contribution is -2.42. The molecular weight excluding hydrogens is 257 g/mol. The second-order valence-corrected chi connectivity index (χ2v) is 5.27. The number of carbonyl (C=O) groups is 1. The van der Waals surface area contributed by atoms with Crippen molar-refractivity contribution in [2.45, 2.75) is 58.0 Å². The van der Waals surface area contributed by atoms with Crippen molar-refractivity contribution in [1.29, 1.82) is 0 Å². The highest BCUT2D eigenvalue weighted by Crippen LogP contribution is 2.09. The van der Waals surface area contributed by atoms with Gasteiger partial charge in [0.15, 0.2) is 0 Å². The van der Waals surface area contributed by atoms with E-state index in [1.54, 1.807) is 6.07 Å². The number of aryl methyl sites for hydroxylation is 1. The smallest absolute Gasteiger partial charge is 0.320 e. The van der Waals surface area contributed by atoms with Gasteiger partial charge in [-0.3, -0.25) is 4.79 Å². The van der Waals surface area contributed by atoms with Crippen LogP contribution in [0.1, 0.15) is 45.1 Å². The Kier molecular flexibility index (Phi) is 7.23. The van der Waals surface area contributed by atoms with Crippen LogP contribution in [0.2, 0.25) is 0 Å². The number of hydrogen-bond acceptors (Lipinski definition) is 2. The molecule has 0 fully saturated rings. The van der Waals surface area contributed by atoms with E-state index in [-0.39, 0.29) is 11.9 Å². The van der Waals surface area contributed by atoms with Crippen LogP contribution in [0.5, 0.6) is 0 Å². The van der Waals surface area contributed by atoms with Gasteiger partial charge in [0.2, 0.25) is 0 Å². The molecule has 3 nitrogen and oxygen atoms in total. The summed E-state index contributed by atoms with van der Waals surface area (Å²) >= 11 is 0. The molecule has 0 aliphatic rings. The second-order valence-electron chi connectivity index (χ2n) is 5.27.